The Bertz CT molecular complexity index is 324. The van der Waals surface area contributed by atoms with Gasteiger partial charge in [0.25, 0.3) is 0 Å². The minimum atomic E-state index is -2.79. The molecule has 0 aromatic rings. The van der Waals surface area contributed by atoms with Gasteiger partial charge in [0, 0.05) is 12.5 Å². The van der Waals surface area contributed by atoms with Gasteiger partial charge in [-0.1, -0.05) is 0 Å². The van der Waals surface area contributed by atoms with E-state index in [0.717, 1.165) is 18.9 Å². The van der Waals surface area contributed by atoms with Crippen molar-refractivity contribution in [2.24, 2.45) is 17.8 Å². The minimum Gasteiger partial charge on any atom is -0.381 e. The van der Waals surface area contributed by atoms with Crippen molar-refractivity contribution in [3.63, 3.8) is 0 Å². The van der Waals surface area contributed by atoms with E-state index >= 15 is 0 Å². The van der Waals surface area contributed by atoms with Gasteiger partial charge in [-0.2, -0.15) is 0 Å². The summed E-state index contributed by atoms with van der Waals surface area (Å²) >= 11 is 5.90. The molecule has 0 N–H and O–H groups in total. The molecule has 1 heterocycles. The van der Waals surface area contributed by atoms with Gasteiger partial charge in [-0.15, -0.1) is 11.6 Å². The highest BCUT2D eigenvalue weighted by Gasteiger charge is 2.33. The first kappa shape index (κ1) is 12.7. The van der Waals surface area contributed by atoms with E-state index in [1.165, 1.54) is 12.8 Å². The van der Waals surface area contributed by atoms with Crippen LogP contribution in [0.4, 0.5) is 0 Å². The Morgan fingerprint density at radius 3 is 2.56 bits per heavy atom. The summed E-state index contributed by atoms with van der Waals surface area (Å²) in [7, 11) is -2.79. The molecular weight excluding hydrogens is 248 g/mol. The van der Waals surface area contributed by atoms with Crippen LogP contribution in [-0.4, -0.2) is 39.0 Å². The van der Waals surface area contributed by atoms with Gasteiger partial charge in [0.15, 0.2) is 9.84 Å². The number of sulfone groups is 1. The fourth-order valence-corrected chi connectivity index (χ4v) is 4.43. The second-order valence-corrected chi connectivity index (χ2v) is 7.60. The van der Waals surface area contributed by atoms with E-state index in [9.17, 15) is 8.42 Å². The molecule has 1 saturated heterocycles. The quantitative estimate of drug-likeness (QED) is 0.688. The van der Waals surface area contributed by atoms with Crippen LogP contribution in [0.5, 0.6) is 0 Å². The van der Waals surface area contributed by atoms with Crippen molar-refractivity contribution < 1.29 is 13.2 Å². The van der Waals surface area contributed by atoms with E-state index in [0.29, 0.717) is 24.0 Å². The standard InChI is InChI=1S/C11H19ClO3S/c12-5-11(7-15-6-9-1-2-9)10-3-4-16(13,14)8-10/h9-11H,1-8H2. The van der Waals surface area contributed by atoms with E-state index in [4.69, 9.17) is 16.3 Å². The van der Waals surface area contributed by atoms with E-state index in [-0.39, 0.29) is 11.8 Å². The molecule has 1 saturated carbocycles. The molecule has 1 aliphatic carbocycles. The normalized spacial score (nSPS) is 30.4. The first-order chi connectivity index (χ1) is 7.61. The Kier molecular flexibility index (Phi) is 4.14. The predicted octanol–water partition coefficient (Wildman–Crippen LogP) is 1.70. The smallest absolute Gasteiger partial charge is 0.150 e. The minimum absolute atomic E-state index is 0.206. The van der Waals surface area contributed by atoms with Crippen LogP contribution in [0.3, 0.4) is 0 Å². The lowest BCUT2D eigenvalue weighted by atomic mass is 9.94. The summed E-state index contributed by atoms with van der Waals surface area (Å²) in [6.45, 7) is 1.45. The summed E-state index contributed by atoms with van der Waals surface area (Å²) in [5.41, 5.74) is 0. The summed E-state index contributed by atoms with van der Waals surface area (Å²) in [6, 6.07) is 0. The summed E-state index contributed by atoms with van der Waals surface area (Å²) in [4.78, 5) is 0. The molecule has 2 aliphatic rings. The van der Waals surface area contributed by atoms with Gasteiger partial charge in [0.05, 0.1) is 18.1 Å². The van der Waals surface area contributed by atoms with Crippen LogP contribution in [0.25, 0.3) is 0 Å². The third-order valence-corrected chi connectivity index (χ3v) is 5.71. The first-order valence-electron chi connectivity index (χ1n) is 5.95. The monoisotopic (exact) mass is 266 g/mol. The molecule has 16 heavy (non-hydrogen) atoms. The van der Waals surface area contributed by atoms with Crippen LogP contribution < -0.4 is 0 Å². The van der Waals surface area contributed by atoms with Crippen LogP contribution >= 0.6 is 11.6 Å². The molecule has 0 radical (unpaired) electrons. The number of ether oxygens (including phenoxy) is 1. The second kappa shape index (κ2) is 5.23. The molecule has 0 bridgehead atoms. The van der Waals surface area contributed by atoms with Gasteiger partial charge in [-0.05, 0) is 37.0 Å². The lowest BCUT2D eigenvalue weighted by Crippen LogP contribution is -2.23. The lowest BCUT2D eigenvalue weighted by Gasteiger charge is -2.19. The van der Waals surface area contributed by atoms with Crippen molar-refractivity contribution >= 4 is 21.4 Å². The third kappa shape index (κ3) is 3.60. The number of alkyl halides is 1. The van der Waals surface area contributed by atoms with Crippen molar-refractivity contribution in [2.45, 2.75) is 19.3 Å². The van der Waals surface area contributed by atoms with Crippen LogP contribution in [-0.2, 0) is 14.6 Å². The van der Waals surface area contributed by atoms with Crippen LogP contribution in [0.15, 0.2) is 0 Å². The largest absolute Gasteiger partial charge is 0.381 e. The molecule has 3 nitrogen and oxygen atoms in total. The molecular formula is C11H19ClO3S. The van der Waals surface area contributed by atoms with Gasteiger partial charge < -0.3 is 4.74 Å². The Balaban J connectivity index is 1.75. The van der Waals surface area contributed by atoms with Gasteiger partial charge in [-0.25, -0.2) is 8.42 Å². The average Bonchev–Trinajstić information content (AvgIpc) is 2.98. The number of hydrogen-bond acceptors (Lipinski definition) is 3. The van der Waals surface area contributed by atoms with Gasteiger partial charge in [0.1, 0.15) is 0 Å². The van der Waals surface area contributed by atoms with Crippen molar-refractivity contribution in [1.82, 2.24) is 0 Å². The highest BCUT2D eigenvalue weighted by Crippen LogP contribution is 2.30. The molecule has 2 rings (SSSR count). The Hall–Kier alpha value is 0.200. The highest BCUT2D eigenvalue weighted by molar-refractivity contribution is 7.91. The molecule has 0 aromatic carbocycles. The molecule has 2 unspecified atom stereocenters. The first-order valence-corrected chi connectivity index (χ1v) is 8.30. The van der Waals surface area contributed by atoms with Crippen LogP contribution in [0, 0.1) is 17.8 Å². The Morgan fingerprint density at radius 1 is 1.31 bits per heavy atom. The lowest BCUT2D eigenvalue weighted by molar-refractivity contribution is 0.0817. The molecule has 1 aliphatic heterocycles. The molecule has 0 aromatic heterocycles. The molecule has 2 atom stereocenters. The maximum Gasteiger partial charge on any atom is 0.150 e. The molecule has 0 spiro atoms. The summed E-state index contributed by atoms with van der Waals surface area (Å²) in [5.74, 6) is 2.30. The zero-order chi connectivity index (χ0) is 11.6. The van der Waals surface area contributed by atoms with E-state index < -0.39 is 9.84 Å². The number of hydrogen-bond donors (Lipinski definition) is 0. The van der Waals surface area contributed by atoms with Crippen molar-refractivity contribution in [2.75, 3.05) is 30.6 Å². The summed E-state index contributed by atoms with van der Waals surface area (Å²) < 4.78 is 28.4. The molecule has 94 valence electrons. The summed E-state index contributed by atoms with van der Waals surface area (Å²) in [5, 5.41) is 0. The molecule has 0 amide bonds. The average molecular weight is 267 g/mol. The summed E-state index contributed by atoms with van der Waals surface area (Å²) in [6.07, 6.45) is 3.32. The maximum absolute atomic E-state index is 11.4. The fourth-order valence-electron chi connectivity index (χ4n) is 2.17. The topological polar surface area (TPSA) is 43.4 Å². The molecule has 5 heteroatoms. The second-order valence-electron chi connectivity index (χ2n) is 5.06. The van der Waals surface area contributed by atoms with Gasteiger partial charge in [-0.3, -0.25) is 0 Å². The van der Waals surface area contributed by atoms with Crippen LogP contribution in [0.2, 0.25) is 0 Å². The highest BCUT2D eigenvalue weighted by atomic mass is 35.5. The van der Waals surface area contributed by atoms with E-state index in [1.54, 1.807) is 0 Å². The number of halogens is 1. The van der Waals surface area contributed by atoms with Crippen molar-refractivity contribution in [3.8, 4) is 0 Å². The van der Waals surface area contributed by atoms with Gasteiger partial charge in [0.2, 0.25) is 0 Å². The number of rotatable bonds is 6. The van der Waals surface area contributed by atoms with Crippen molar-refractivity contribution in [1.29, 1.82) is 0 Å². The van der Waals surface area contributed by atoms with E-state index in [2.05, 4.69) is 0 Å². The van der Waals surface area contributed by atoms with E-state index in [1.807, 2.05) is 0 Å². The Labute approximate surface area is 102 Å². The predicted molar refractivity (Wildman–Crippen MR) is 64.5 cm³/mol. The maximum atomic E-state index is 11.4. The third-order valence-electron chi connectivity index (χ3n) is 3.51. The van der Waals surface area contributed by atoms with Crippen molar-refractivity contribution in [3.05, 3.63) is 0 Å². The zero-order valence-electron chi connectivity index (χ0n) is 9.40. The zero-order valence-corrected chi connectivity index (χ0v) is 11.0. The fraction of sp³-hybridized carbons (Fsp3) is 1.00. The van der Waals surface area contributed by atoms with Crippen LogP contribution in [0.1, 0.15) is 19.3 Å². The SMILES string of the molecule is O=S1(=O)CCC(C(CCl)COCC2CC2)C1. The molecule has 2 fully saturated rings. The van der Waals surface area contributed by atoms with Gasteiger partial charge >= 0.3 is 0 Å². The Morgan fingerprint density at radius 2 is 2.06 bits per heavy atom.